The lowest BCUT2D eigenvalue weighted by Gasteiger charge is -2.16. The molecule has 6 heteroatoms. The van der Waals surface area contributed by atoms with Gasteiger partial charge in [-0.15, -0.1) is 0 Å². The molecule has 4 nitrogen and oxygen atoms in total. The first-order chi connectivity index (χ1) is 15.3. The summed E-state index contributed by atoms with van der Waals surface area (Å²) in [4.78, 5) is 12.8. The summed E-state index contributed by atoms with van der Waals surface area (Å²) in [6.07, 6.45) is 4.98. The topological polar surface area (TPSA) is 50.7 Å². The summed E-state index contributed by atoms with van der Waals surface area (Å²) < 4.78 is 29.4. The van der Waals surface area contributed by atoms with Gasteiger partial charge < -0.3 is 5.32 Å². The van der Waals surface area contributed by atoms with E-state index in [0.717, 1.165) is 33.8 Å². The van der Waals surface area contributed by atoms with E-state index in [-0.39, 0.29) is 11.5 Å². The number of aryl methyl sites for hydroxylation is 1. The van der Waals surface area contributed by atoms with Gasteiger partial charge in [0.25, 0.3) is 0 Å². The standard InChI is InChI=1S/C26H24F2N4/c1-16-11-22(27)21(18-6-9-31-24(13-18)26(2,3)28)15-20(16)17-5-8-30-23(12-17)19-7-10-32-25(14-19)29-4/h5-15H,1-4H3,(H,29,32). The Kier molecular flexibility index (Phi) is 5.70. The lowest BCUT2D eigenvalue weighted by atomic mass is 9.93. The lowest BCUT2D eigenvalue weighted by Crippen LogP contribution is -2.11. The van der Waals surface area contributed by atoms with E-state index in [1.807, 2.05) is 38.2 Å². The van der Waals surface area contributed by atoms with Crippen molar-refractivity contribution in [3.8, 4) is 33.5 Å². The maximum Gasteiger partial charge on any atom is 0.147 e. The first-order valence-electron chi connectivity index (χ1n) is 10.3. The molecular formula is C26H24F2N4. The van der Waals surface area contributed by atoms with Gasteiger partial charge in [-0.1, -0.05) is 0 Å². The summed E-state index contributed by atoms with van der Waals surface area (Å²) >= 11 is 0. The highest BCUT2D eigenvalue weighted by Gasteiger charge is 2.21. The minimum atomic E-state index is -1.61. The van der Waals surface area contributed by atoms with Crippen LogP contribution in [0.4, 0.5) is 14.6 Å². The van der Waals surface area contributed by atoms with Crippen LogP contribution in [-0.4, -0.2) is 22.0 Å². The van der Waals surface area contributed by atoms with Crippen LogP contribution >= 0.6 is 0 Å². The molecule has 4 rings (SSSR count). The van der Waals surface area contributed by atoms with Crippen LogP contribution in [0.25, 0.3) is 33.5 Å². The van der Waals surface area contributed by atoms with E-state index in [9.17, 15) is 8.78 Å². The molecule has 1 N–H and O–H groups in total. The van der Waals surface area contributed by atoms with Crippen molar-refractivity contribution in [2.24, 2.45) is 0 Å². The zero-order valence-corrected chi connectivity index (χ0v) is 18.4. The third-order valence-corrected chi connectivity index (χ3v) is 5.38. The largest absolute Gasteiger partial charge is 0.373 e. The third-order valence-electron chi connectivity index (χ3n) is 5.38. The summed E-state index contributed by atoms with van der Waals surface area (Å²) in [5.74, 6) is 0.390. The number of nitrogens with one attached hydrogen (secondary N) is 1. The zero-order valence-electron chi connectivity index (χ0n) is 18.4. The highest BCUT2D eigenvalue weighted by Crippen LogP contribution is 2.34. The Balaban J connectivity index is 1.81. The second-order valence-electron chi connectivity index (χ2n) is 8.16. The Morgan fingerprint density at radius 1 is 0.781 bits per heavy atom. The molecule has 0 bridgehead atoms. The van der Waals surface area contributed by atoms with Crippen molar-refractivity contribution in [1.82, 2.24) is 15.0 Å². The molecule has 0 unspecified atom stereocenters. The first kappa shape index (κ1) is 21.6. The molecule has 0 radical (unpaired) electrons. The number of aromatic nitrogens is 3. The minimum absolute atomic E-state index is 0.265. The van der Waals surface area contributed by atoms with Crippen LogP contribution in [0, 0.1) is 12.7 Å². The molecule has 4 aromatic rings. The van der Waals surface area contributed by atoms with Crippen molar-refractivity contribution >= 4 is 5.82 Å². The molecule has 32 heavy (non-hydrogen) atoms. The number of halogens is 2. The zero-order chi connectivity index (χ0) is 22.9. The third kappa shape index (κ3) is 4.35. The average molecular weight is 431 g/mol. The Morgan fingerprint density at radius 3 is 2.16 bits per heavy atom. The van der Waals surface area contributed by atoms with Gasteiger partial charge in [0.15, 0.2) is 0 Å². The van der Waals surface area contributed by atoms with Crippen molar-refractivity contribution in [2.45, 2.75) is 26.4 Å². The normalized spacial score (nSPS) is 11.4. The van der Waals surface area contributed by atoms with E-state index in [2.05, 4.69) is 20.3 Å². The molecule has 3 aromatic heterocycles. The molecule has 0 aliphatic heterocycles. The molecule has 0 amide bonds. The minimum Gasteiger partial charge on any atom is -0.373 e. The molecule has 3 heterocycles. The number of benzene rings is 1. The van der Waals surface area contributed by atoms with E-state index in [0.29, 0.717) is 11.1 Å². The van der Waals surface area contributed by atoms with Crippen LogP contribution < -0.4 is 5.32 Å². The van der Waals surface area contributed by atoms with Crippen LogP contribution in [0.5, 0.6) is 0 Å². The van der Waals surface area contributed by atoms with E-state index >= 15 is 0 Å². The van der Waals surface area contributed by atoms with Gasteiger partial charge in [-0.2, -0.15) is 0 Å². The molecular weight excluding hydrogens is 406 g/mol. The van der Waals surface area contributed by atoms with Gasteiger partial charge in [0.2, 0.25) is 0 Å². The monoisotopic (exact) mass is 430 g/mol. The summed E-state index contributed by atoms with van der Waals surface area (Å²) in [7, 11) is 1.81. The highest BCUT2D eigenvalue weighted by molar-refractivity contribution is 5.78. The molecule has 0 spiro atoms. The van der Waals surface area contributed by atoms with E-state index in [1.54, 1.807) is 30.6 Å². The number of pyridine rings is 3. The van der Waals surface area contributed by atoms with Gasteiger partial charge >= 0.3 is 0 Å². The van der Waals surface area contributed by atoms with Crippen LogP contribution in [0.1, 0.15) is 25.1 Å². The highest BCUT2D eigenvalue weighted by atomic mass is 19.1. The van der Waals surface area contributed by atoms with Crippen molar-refractivity contribution in [2.75, 3.05) is 12.4 Å². The maximum atomic E-state index is 14.9. The summed E-state index contributed by atoms with van der Waals surface area (Å²) in [6.45, 7) is 4.75. The van der Waals surface area contributed by atoms with Crippen molar-refractivity contribution < 1.29 is 8.78 Å². The Morgan fingerprint density at radius 2 is 1.44 bits per heavy atom. The van der Waals surface area contributed by atoms with Crippen LogP contribution in [0.15, 0.2) is 67.1 Å². The second kappa shape index (κ2) is 8.46. The Bertz CT molecular complexity index is 1280. The fraction of sp³-hybridized carbons (Fsp3) is 0.192. The fourth-order valence-corrected chi connectivity index (χ4v) is 3.61. The number of alkyl halides is 1. The second-order valence-corrected chi connectivity index (χ2v) is 8.16. The summed E-state index contributed by atoms with van der Waals surface area (Å²) in [6, 6.07) is 14.3. The molecule has 0 fully saturated rings. The van der Waals surface area contributed by atoms with Gasteiger partial charge in [-0.05, 0) is 91.6 Å². The molecule has 0 atom stereocenters. The van der Waals surface area contributed by atoms with Crippen LogP contribution in [0.2, 0.25) is 0 Å². The van der Waals surface area contributed by atoms with Crippen molar-refractivity contribution in [1.29, 1.82) is 0 Å². The maximum absolute atomic E-state index is 14.9. The number of rotatable bonds is 5. The van der Waals surface area contributed by atoms with E-state index in [4.69, 9.17) is 0 Å². The van der Waals surface area contributed by atoms with Gasteiger partial charge in [0, 0.05) is 36.8 Å². The number of anilines is 1. The quantitative estimate of drug-likeness (QED) is 0.389. The van der Waals surface area contributed by atoms with E-state index in [1.165, 1.54) is 26.1 Å². The number of nitrogens with zero attached hydrogens (tertiary/aromatic N) is 3. The number of hydrogen-bond donors (Lipinski definition) is 1. The van der Waals surface area contributed by atoms with Gasteiger partial charge in [-0.25, -0.2) is 13.8 Å². The lowest BCUT2D eigenvalue weighted by molar-refractivity contribution is 0.214. The molecule has 0 saturated carbocycles. The fourth-order valence-electron chi connectivity index (χ4n) is 3.61. The Hall–Kier alpha value is -3.67. The Labute approximate surface area is 186 Å². The van der Waals surface area contributed by atoms with Gasteiger partial charge in [0.1, 0.15) is 17.3 Å². The number of hydrogen-bond acceptors (Lipinski definition) is 4. The van der Waals surface area contributed by atoms with Crippen molar-refractivity contribution in [3.05, 3.63) is 84.2 Å². The predicted molar refractivity (Wildman–Crippen MR) is 125 cm³/mol. The van der Waals surface area contributed by atoms with Gasteiger partial charge in [-0.3, -0.25) is 9.97 Å². The van der Waals surface area contributed by atoms with Crippen LogP contribution in [-0.2, 0) is 5.67 Å². The summed E-state index contributed by atoms with van der Waals surface area (Å²) in [5.41, 5.74) is 3.95. The van der Waals surface area contributed by atoms with Gasteiger partial charge in [0.05, 0.1) is 11.4 Å². The van der Waals surface area contributed by atoms with E-state index < -0.39 is 5.67 Å². The SMILES string of the molecule is CNc1cc(-c2cc(-c3cc(-c4ccnc(C(C)(C)F)c4)c(F)cc3C)ccn2)ccn1. The smallest absolute Gasteiger partial charge is 0.147 e. The molecule has 162 valence electrons. The summed E-state index contributed by atoms with van der Waals surface area (Å²) in [5, 5.41) is 3.03. The molecule has 0 aliphatic rings. The predicted octanol–water partition coefficient (Wildman–Crippen LogP) is 6.57. The van der Waals surface area contributed by atoms with Crippen LogP contribution in [0.3, 0.4) is 0 Å². The first-order valence-corrected chi connectivity index (χ1v) is 10.3. The molecule has 1 aromatic carbocycles. The van der Waals surface area contributed by atoms with Crippen molar-refractivity contribution in [3.63, 3.8) is 0 Å². The average Bonchev–Trinajstić information content (AvgIpc) is 2.79. The molecule has 0 saturated heterocycles. The molecule has 0 aliphatic carbocycles.